The average molecular weight is 491 g/mol. The molecule has 1 N–H and O–H groups in total. The molecule has 0 bridgehead atoms. The second kappa shape index (κ2) is 10.8. The third-order valence-corrected chi connectivity index (χ3v) is 6.56. The minimum Gasteiger partial charge on any atom is -0.497 e. The Balaban J connectivity index is 1.88. The van der Waals surface area contributed by atoms with Crippen molar-refractivity contribution in [3.8, 4) is 5.75 Å². The van der Waals surface area contributed by atoms with Crippen LogP contribution < -0.4 is 10.1 Å². The second-order valence-electron chi connectivity index (χ2n) is 8.65. The number of ether oxygens (including phenoxy) is 3. The number of benzene rings is 1. The van der Waals surface area contributed by atoms with Crippen LogP contribution in [0.4, 0.5) is 0 Å². The normalized spacial score (nSPS) is 21.4. The van der Waals surface area contributed by atoms with Crippen LogP contribution in [0.25, 0.3) is 0 Å². The molecule has 0 unspecified atom stereocenters. The smallest absolute Gasteiger partial charge is 0.336 e. The lowest BCUT2D eigenvalue weighted by atomic mass is 9.67. The fourth-order valence-electron chi connectivity index (χ4n) is 5.04. The van der Waals surface area contributed by atoms with Crippen LogP contribution in [-0.2, 0) is 23.9 Å². The van der Waals surface area contributed by atoms with Gasteiger partial charge in [-0.1, -0.05) is 18.2 Å². The van der Waals surface area contributed by atoms with E-state index in [1.165, 1.54) is 0 Å². The van der Waals surface area contributed by atoms with Crippen molar-refractivity contribution >= 4 is 17.7 Å². The number of aromatic nitrogens is 1. The summed E-state index contributed by atoms with van der Waals surface area (Å²) >= 11 is 0. The molecule has 0 spiro atoms. The molecule has 8 nitrogen and oxygen atoms in total. The zero-order valence-corrected chi connectivity index (χ0v) is 20.9. The minimum absolute atomic E-state index is 0.147. The summed E-state index contributed by atoms with van der Waals surface area (Å²) in [6.07, 6.45) is 1.99. The van der Waals surface area contributed by atoms with E-state index in [1.807, 2.05) is 24.3 Å². The number of pyridine rings is 1. The van der Waals surface area contributed by atoms with Crippen molar-refractivity contribution < 1.29 is 28.6 Å². The maximum absolute atomic E-state index is 14.2. The van der Waals surface area contributed by atoms with Crippen molar-refractivity contribution in [2.75, 3.05) is 20.3 Å². The first-order valence-corrected chi connectivity index (χ1v) is 12.0. The molecule has 1 aromatic carbocycles. The van der Waals surface area contributed by atoms with Crippen LogP contribution in [0.5, 0.6) is 5.75 Å². The van der Waals surface area contributed by atoms with Crippen LogP contribution in [0.2, 0.25) is 0 Å². The highest BCUT2D eigenvalue weighted by atomic mass is 16.5. The summed E-state index contributed by atoms with van der Waals surface area (Å²) in [4.78, 5) is 44.9. The van der Waals surface area contributed by atoms with Crippen LogP contribution in [0, 0.1) is 5.92 Å². The Bertz CT molecular complexity index is 1230. The summed E-state index contributed by atoms with van der Waals surface area (Å²) in [6.45, 7) is 5.56. The van der Waals surface area contributed by atoms with Gasteiger partial charge < -0.3 is 19.5 Å². The van der Waals surface area contributed by atoms with Gasteiger partial charge in [0.25, 0.3) is 0 Å². The molecule has 4 rings (SSSR count). The maximum Gasteiger partial charge on any atom is 0.336 e. The minimum atomic E-state index is -1.08. The standard InChI is InChI=1S/C28H30N2O6/c1-5-35-27(32)22-16(3)30-21-15-19(17-10-9-11-18(14-17)34-4)23(28(33)36-6-2)26(31)25(21)24(22)20-12-7-8-13-29-20/h7-14,19,23-24,30H,5-6,15H2,1-4H3/t19-,23-,24+/m0/s1. The summed E-state index contributed by atoms with van der Waals surface area (Å²) in [5.74, 6) is -3.20. The first kappa shape index (κ1) is 25.2. The third kappa shape index (κ3) is 4.63. The molecular formula is C28H30N2O6. The summed E-state index contributed by atoms with van der Waals surface area (Å²) < 4.78 is 16.1. The van der Waals surface area contributed by atoms with E-state index in [0.29, 0.717) is 40.4 Å². The van der Waals surface area contributed by atoms with Gasteiger partial charge in [-0.3, -0.25) is 14.6 Å². The van der Waals surface area contributed by atoms with Crippen molar-refractivity contribution in [1.82, 2.24) is 10.3 Å². The molecule has 2 aliphatic rings. The van der Waals surface area contributed by atoms with E-state index in [0.717, 1.165) is 5.56 Å². The zero-order chi connectivity index (χ0) is 25.8. The zero-order valence-electron chi connectivity index (χ0n) is 20.9. The van der Waals surface area contributed by atoms with Crippen LogP contribution in [0.15, 0.2) is 71.2 Å². The van der Waals surface area contributed by atoms with Gasteiger partial charge in [0.2, 0.25) is 0 Å². The summed E-state index contributed by atoms with van der Waals surface area (Å²) in [5.41, 5.74) is 3.24. The average Bonchev–Trinajstić information content (AvgIpc) is 2.88. The largest absolute Gasteiger partial charge is 0.497 e. The number of dihydropyridines is 1. The molecule has 0 amide bonds. The Labute approximate surface area is 210 Å². The van der Waals surface area contributed by atoms with Crippen LogP contribution in [-0.4, -0.2) is 43.0 Å². The number of rotatable bonds is 7. The van der Waals surface area contributed by atoms with Crippen molar-refractivity contribution in [3.05, 3.63) is 82.5 Å². The Morgan fingerprint density at radius 2 is 1.86 bits per heavy atom. The molecular weight excluding hydrogens is 460 g/mol. The number of carbonyl (C=O) groups is 3. The predicted molar refractivity (Wildman–Crippen MR) is 132 cm³/mol. The number of hydrogen-bond acceptors (Lipinski definition) is 8. The van der Waals surface area contributed by atoms with Gasteiger partial charge in [-0.05, 0) is 57.0 Å². The van der Waals surface area contributed by atoms with Crippen LogP contribution >= 0.6 is 0 Å². The molecule has 36 heavy (non-hydrogen) atoms. The second-order valence-corrected chi connectivity index (χ2v) is 8.65. The summed E-state index contributed by atoms with van der Waals surface area (Å²) in [7, 11) is 1.57. The summed E-state index contributed by atoms with van der Waals surface area (Å²) in [5, 5.41) is 3.28. The highest BCUT2D eigenvalue weighted by Gasteiger charge is 2.49. The van der Waals surface area contributed by atoms with Gasteiger partial charge in [0, 0.05) is 29.1 Å². The number of carbonyl (C=O) groups excluding carboxylic acids is 3. The Morgan fingerprint density at radius 3 is 2.53 bits per heavy atom. The Kier molecular flexibility index (Phi) is 7.52. The molecule has 0 radical (unpaired) electrons. The first-order chi connectivity index (χ1) is 17.4. The molecule has 1 aromatic heterocycles. The lowest BCUT2D eigenvalue weighted by Crippen LogP contribution is -2.43. The van der Waals surface area contributed by atoms with Crippen molar-refractivity contribution in [1.29, 1.82) is 0 Å². The van der Waals surface area contributed by atoms with Gasteiger partial charge in [-0.25, -0.2) is 4.79 Å². The molecule has 3 atom stereocenters. The number of Topliss-reactive ketones (excluding diaryl/α,β-unsaturated/α-hetero) is 1. The number of esters is 2. The van der Waals surface area contributed by atoms with Crippen LogP contribution in [0.3, 0.4) is 0 Å². The molecule has 2 aromatic rings. The van der Waals surface area contributed by atoms with Gasteiger partial charge in [-0.15, -0.1) is 0 Å². The number of hydrogen-bond donors (Lipinski definition) is 1. The van der Waals surface area contributed by atoms with E-state index < -0.39 is 29.7 Å². The lowest BCUT2D eigenvalue weighted by molar-refractivity contribution is -0.152. The van der Waals surface area contributed by atoms with Gasteiger partial charge in [0.15, 0.2) is 5.78 Å². The number of nitrogens with zero attached hydrogens (tertiary/aromatic N) is 1. The Morgan fingerprint density at radius 1 is 1.08 bits per heavy atom. The van der Waals surface area contributed by atoms with Gasteiger partial charge in [0.05, 0.1) is 37.5 Å². The van der Waals surface area contributed by atoms with Gasteiger partial charge >= 0.3 is 11.9 Å². The molecule has 0 saturated heterocycles. The van der Waals surface area contributed by atoms with E-state index in [-0.39, 0.29) is 19.0 Å². The highest BCUT2D eigenvalue weighted by molar-refractivity contribution is 6.13. The fourth-order valence-corrected chi connectivity index (χ4v) is 5.04. The molecule has 8 heteroatoms. The molecule has 1 aliphatic heterocycles. The van der Waals surface area contributed by atoms with Crippen molar-refractivity contribution in [2.24, 2.45) is 5.92 Å². The van der Waals surface area contributed by atoms with E-state index in [4.69, 9.17) is 14.2 Å². The SMILES string of the molecule is CCOC(=O)C1=C(C)NC2=C(C(=O)[C@@H](C(=O)OCC)[C@H](c3cccc(OC)c3)C2)[C@@H]1c1ccccn1. The molecule has 188 valence electrons. The fraction of sp³-hybridized carbons (Fsp3) is 0.357. The molecule has 2 heterocycles. The number of nitrogens with one attached hydrogen (secondary N) is 1. The van der Waals surface area contributed by atoms with Gasteiger partial charge in [0.1, 0.15) is 11.7 Å². The quantitative estimate of drug-likeness (QED) is 0.462. The number of methoxy groups -OCH3 is 1. The monoisotopic (exact) mass is 490 g/mol. The number of ketones is 1. The third-order valence-electron chi connectivity index (χ3n) is 6.56. The molecule has 0 fully saturated rings. The molecule has 1 aliphatic carbocycles. The highest BCUT2D eigenvalue weighted by Crippen LogP contribution is 2.48. The summed E-state index contributed by atoms with van der Waals surface area (Å²) in [6, 6.07) is 12.7. The molecule has 0 saturated carbocycles. The van der Waals surface area contributed by atoms with E-state index in [2.05, 4.69) is 10.3 Å². The Hall–Kier alpha value is -3.94. The maximum atomic E-state index is 14.2. The predicted octanol–water partition coefficient (Wildman–Crippen LogP) is 3.80. The topological polar surface area (TPSA) is 104 Å². The van der Waals surface area contributed by atoms with Crippen molar-refractivity contribution in [2.45, 2.75) is 39.0 Å². The van der Waals surface area contributed by atoms with E-state index in [9.17, 15) is 14.4 Å². The van der Waals surface area contributed by atoms with Crippen molar-refractivity contribution in [3.63, 3.8) is 0 Å². The first-order valence-electron chi connectivity index (χ1n) is 12.0. The van der Waals surface area contributed by atoms with E-state index >= 15 is 0 Å². The van der Waals surface area contributed by atoms with Crippen LogP contribution in [0.1, 0.15) is 50.3 Å². The lowest BCUT2D eigenvalue weighted by Gasteiger charge is -2.39. The van der Waals surface area contributed by atoms with Gasteiger partial charge in [-0.2, -0.15) is 0 Å². The van der Waals surface area contributed by atoms with E-state index in [1.54, 1.807) is 52.3 Å². The number of allylic oxidation sites excluding steroid dienone is 3.